The van der Waals surface area contributed by atoms with E-state index in [2.05, 4.69) is 25.7 Å². The van der Waals surface area contributed by atoms with Crippen molar-refractivity contribution < 1.29 is 14.1 Å². The molecule has 0 aromatic carbocycles. The first-order valence-corrected chi connectivity index (χ1v) is 8.88. The van der Waals surface area contributed by atoms with E-state index in [4.69, 9.17) is 4.52 Å². The van der Waals surface area contributed by atoms with Crippen LogP contribution in [-0.2, 0) is 11.3 Å². The summed E-state index contributed by atoms with van der Waals surface area (Å²) in [6.45, 7) is 7.10. The summed E-state index contributed by atoms with van der Waals surface area (Å²) in [5, 5.41) is 9.60. The van der Waals surface area contributed by atoms with Crippen LogP contribution in [-0.4, -0.2) is 70.6 Å². The first-order valence-electron chi connectivity index (χ1n) is 8.88. The number of piperazine rings is 1. The van der Waals surface area contributed by atoms with Crippen molar-refractivity contribution in [2.45, 2.75) is 45.2 Å². The van der Waals surface area contributed by atoms with Crippen molar-refractivity contribution >= 4 is 11.9 Å². The highest BCUT2D eigenvalue weighted by atomic mass is 16.5. The molecule has 0 unspecified atom stereocenters. The standard InChI is InChI=1S/C16H26N6O3/c1-11(2)18-14(23)10-21-5-7-22(8-6-21)16(24)17-9-13-19-15(25-20-13)12-3-4-12/h11-12H,3-10H2,1-2H3,(H,17,24)(H,18,23). The summed E-state index contributed by atoms with van der Waals surface area (Å²) in [5.74, 6) is 1.63. The van der Waals surface area contributed by atoms with Crippen LogP contribution in [0, 0.1) is 0 Å². The second-order valence-corrected chi connectivity index (χ2v) is 6.97. The van der Waals surface area contributed by atoms with Crippen LogP contribution in [0.3, 0.4) is 0 Å². The van der Waals surface area contributed by atoms with Crippen molar-refractivity contribution in [2.24, 2.45) is 0 Å². The molecule has 2 heterocycles. The molecule has 138 valence electrons. The summed E-state index contributed by atoms with van der Waals surface area (Å²) in [5.41, 5.74) is 0. The van der Waals surface area contributed by atoms with Crippen LogP contribution < -0.4 is 10.6 Å². The molecule has 1 aromatic rings. The fraction of sp³-hybridized carbons (Fsp3) is 0.750. The van der Waals surface area contributed by atoms with E-state index in [1.54, 1.807) is 4.90 Å². The minimum atomic E-state index is -0.135. The maximum absolute atomic E-state index is 12.2. The van der Waals surface area contributed by atoms with Gasteiger partial charge in [-0.1, -0.05) is 5.16 Å². The smallest absolute Gasteiger partial charge is 0.317 e. The fourth-order valence-corrected chi connectivity index (χ4v) is 2.78. The van der Waals surface area contributed by atoms with Gasteiger partial charge in [0.1, 0.15) is 0 Å². The van der Waals surface area contributed by atoms with Crippen LogP contribution >= 0.6 is 0 Å². The molecular formula is C16H26N6O3. The molecule has 2 aliphatic rings. The van der Waals surface area contributed by atoms with Crippen LogP contribution in [0.15, 0.2) is 4.52 Å². The Kier molecular flexibility index (Phi) is 5.52. The first-order chi connectivity index (χ1) is 12.0. The van der Waals surface area contributed by atoms with Gasteiger partial charge < -0.3 is 20.1 Å². The quantitative estimate of drug-likeness (QED) is 0.765. The van der Waals surface area contributed by atoms with Gasteiger partial charge in [-0.3, -0.25) is 9.69 Å². The van der Waals surface area contributed by atoms with Gasteiger partial charge in [-0.15, -0.1) is 0 Å². The molecule has 9 heteroatoms. The Morgan fingerprint density at radius 1 is 1.24 bits per heavy atom. The summed E-state index contributed by atoms with van der Waals surface area (Å²) in [7, 11) is 0. The maximum Gasteiger partial charge on any atom is 0.317 e. The van der Waals surface area contributed by atoms with Crippen LogP contribution in [0.5, 0.6) is 0 Å². The zero-order valence-corrected chi connectivity index (χ0v) is 14.8. The number of carbonyl (C=O) groups is 2. The highest BCUT2D eigenvalue weighted by Gasteiger charge is 2.29. The van der Waals surface area contributed by atoms with Crippen LogP contribution in [0.4, 0.5) is 4.79 Å². The van der Waals surface area contributed by atoms with Crippen LogP contribution in [0.25, 0.3) is 0 Å². The topological polar surface area (TPSA) is 104 Å². The third-order valence-electron chi connectivity index (χ3n) is 4.28. The summed E-state index contributed by atoms with van der Waals surface area (Å²) in [6.07, 6.45) is 2.21. The highest BCUT2D eigenvalue weighted by molar-refractivity contribution is 5.78. The van der Waals surface area contributed by atoms with Gasteiger partial charge in [0.2, 0.25) is 11.8 Å². The molecule has 1 aliphatic heterocycles. The van der Waals surface area contributed by atoms with E-state index >= 15 is 0 Å². The minimum absolute atomic E-state index is 0.0245. The van der Waals surface area contributed by atoms with Gasteiger partial charge in [0.15, 0.2) is 5.82 Å². The van der Waals surface area contributed by atoms with Crippen molar-refractivity contribution in [1.82, 2.24) is 30.6 Å². The number of hydrogen-bond donors (Lipinski definition) is 2. The Morgan fingerprint density at radius 2 is 1.96 bits per heavy atom. The number of aromatic nitrogens is 2. The van der Waals surface area contributed by atoms with E-state index < -0.39 is 0 Å². The number of rotatable bonds is 6. The zero-order chi connectivity index (χ0) is 17.8. The van der Waals surface area contributed by atoms with E-state index in [1.165, 1.54) is 0 Å². The average Bonchev–Trinajstić information content (AvgIpc) is 3.31. The third kappa shape index (κ3) is 5.15. The molecule has 2 N–H and O–H groups in total. The van der Waals surface area contributed by atoms with E-state index in [1.807, 2.05) is 13.8 Å². The molecule has 3 amide bonds. The Hall–Kier alpha value is -2.16. The Bertz CT molecular complexity index is 605. The zero-order valence-electron chi connectivity index (χ0n) is 14.8. The van der Waals surface area contributed by atoms with E-state index in [9.17, 15) is 9.59 Å². The van der Waals surface area contributed by atoms with E-state index in [0.717, 1.165) is 12.8 Å². The van der Waals surface area contributed by atoms with Gasteiger partial charge in [-0.2, -0.15) is 4.98 Å². The number of urea groups is 1. The molecule has 9 nitrogen and oxygen atoms in total. The predicted molar refractivity (Wildman–Crippen MR) is 89.8 cm³/mol. The van der Waals surface area contributed by atoms with Gasteiger partial charge in [0.05, 0.1) is 13.1 Å². The van der Waals surface area contributed by atoms with Gasteiger partial charge in [-0.25, -0.2) is 4.79 Å². The molecule has 0 bridgehead atoms. The molecule has 3 rings (SSSR count). The minimum Gasteiger partial charge on any atom is -0.353 e. The van der Waals surface area contributed by atoms with Crippen molar-refractivity contribution in [2.75, 3.05) is 32.7 Å². The molecule has 1 aromatic heterocycles. The van der Waals surface area contributed by atoms with Crippen LogP contribution in [0.1, 0.15) is 44.3 Å². The molecule has 0 spiro atoms. The predicted octanol–water partition coefficient (Wildman–Crippen LogP) is 0.299. The lowest BCUT2D eigenvalue weighted by Gasteiger charge is -2.34. The number of amides is 3. The normalized spacial score (nSPS) is 18.4. The van der Waals surface area contributed by atoms with Gasteiger partial charge in [-0.05, 0) is 26.7 Å². The summed E-state index contributed by atoms with van der Waals surface area (Å²) < 4.78 is 5.17. The number of nitrogens with one attached hydrogen (secondary N) is 2. The third-order valence-corrected chi connectivity index (χ3v) is 4.28. The second-order valence-electron chi connectivity index (χ2n) is 6.97. The molecular weight excluding hydrogens is 324 g/mol. The summed E-state index contributed by atoms with van der Waals surface area (Å²) in [4.78, 5) is 32.1. The van der Waals surface area contributed by atoms with Crippen molar-refractivity contribution in [3.05, 3.63) is 11.7 Å². The first kappa shape index (κ1) is 17.7. The molecule has 2 fully saturated rings. The largest absolute Gasteiger partial charge is 0.353 e. The monoisotopic (exact) mass is 350 g/mol. The highest BCUT2D eigenvalue weighted by Crippen LogP contribution is 2.38. The van der Waals surface area contributed by atoms with Gasteiger partial charge in [0, 0.05) is 38.1 Å². The average molecular weight is 350 g/mol. The molecule has 1 saturated heterocycles. The van der Waals surface area contributed by atoms with Gasteiger partial charge in [0.25, 0.3) is 0 Å². The second kappa shape index (κ2) is 7.81. The Morgan fingerprint density at radius 3 is 2.60 bits per heavy atom. The molecule has 1 aliphatic carbocycles. The fourth-order valence-electron chi connectivity index (χ4n) is 2.78. The Balaban J connectivity index is 1.36. The summed E-state index contributed by atoms with van der Waals surface area (Å²) >= 11 is 0. The SMILES string of the molecule is CC(C)NC(=O)CN1CCN(C(=O)NCc2noc(C3CC3)n2)CC1. The number of nitrogens with zero attached hydrogens (tertiary/aromatic N) is 4. The van der Waals surface area contributed by atoms with Crippen molar-refractivity contribution in [1.29, 1.82) is 0 Å². The maximum atomic E-state index is 12.2. The lowest BCUT2D eigenvalue weighted by molar-refractivity contribution is -0.123. The lowest BCUT2D eigenvalue weighted by atomic mass is 10.3. The Labute approximate surface area is 147 Å². The lowest BCUT2D eigenvalue weighted by Crippen LogP contribution is -2.53. The number of hydrogen-bond acceptors (Lipinski definition) is 6. The van der Waals surface area contributed by atoms with Gasteiger partial charge >= 0.3 is 6.03 Å². The van der Waals surface area contributed by atoms with Crippen molar-refractivity contribution in [3.8, 4) is 0 Å². The van der Waals surface area contributed by atoms with Crippen molar-refractivity contribution in [3.63, 3.8) is 0 Å². The summed E-state index contributed by atoms with van der Waals surface area (Å²) in [6, 6.07) is 0.00851. The van der Waals surface area contributed by atoms with E-state index in [-0.39, 0.29) is 24.5 Å². The molecule has 1 saturated carbocycles. The molecule has 0 atom stereocenters. The molecule has 0 radical (unpaired) electrons. The van der Waals surface area contributed by atoms with Crippen LogP contribution in [0.2, 0.25) is 0 Å². The van der Waals surface area contributed by atoms with E-state index in [0.29, 0.717) is 50.4 Å². The molecule has 25 heavy (non-hydrogen) atoms. The number of carbonyl (C=O) groups excluding carboxylic acids is 2.